The molecule has 1 aromatic heterocycles. The van der Waals surface area contributed by atoms with Crippen LogP contribution in [0.15, 0.2) is 6.20 Å². The largest absolute Gasteiger partial charge is 0.443 e. The first kappa shape index (κ1) is 18.4. The molecule has 1 aromatic rings. The minimum atomic E-state index is -4.38. The average molecular weight is 323 g/mol. The summed E-state index contributed by atoms with van der Waals surface area (Å²) in [6.07, 6.45) is -1.27. The van der Waals surface area contributed by atoms with Gasteiger partial charge in [0.15, 0.2) is 5.01 Å². The van der Waals surface area contributed by atoms with Crippen LogP contribution in [0.5, 0.6) is 0 Å². The Labute approximate surface area is 128 Å². The van der Waals surface area contributed by atoms with Gasteiger partial charge in [0, 0.05) is 16.6 Å². The van der Waals surface area contributed by atoms with Gasteiger partial charge in [0.2, 0.25) is 0 Å². The zero-order valence-electron chi connectivity index (χ0n) is 13.2. The van der Waals surface area contributed by atoms with E-state index < -0.39 is 11.2 Å². The molecule has 0 aromatic carbocycles. The van der Waals surface area contributed by atoms with Gasteiger partial charge in [-0.2, -0.15) is 13.2 Å². The number of thiazole rings is 1. The number of aromatic nitrogens is 1. The number of nitrogens with zero attached hydrogens (tertiary/aromatic N) is 2. The van der Waals surface area contributed by atoms with Gasteiger partial charge in [0.25, 0.3) is 0 Å². The molecule has 0 saturated heterocycles. The highest BCUT2D eigenvalue weighted by atomic mass is 32.1. The number of alkyl halides is 3. The van der Waals surface area contributed by atoms with E-state index in [1.807, 2.05) is 27.9 Å². The van der Waals surface area contributed by atoms with Crippen molar-refractivity contribution in [2.45, 2.75) is 51.4 Å². The Bertz CT molecular complexity index is 445. The van der Waals surface area contributed by atoms with Gasteiger partial charge in [-0.05, 0) is 40.4 Å². The van der Waals surface area contributed by atoms with E-state index in [1.54, 1.807) is 0 Å². The van der Waals surface area contributed by atoms with Gasteiger partial charge in [0.05, 0.1) is 6.04 Å². The van der Waals surface area contributed by atoms with Crippen LogP contribution in [0.25, 0.3) is 0 Å². The second-order valence-corrected chi connectivity index (χ2v) is 6.62. The summed E-state index contributed by atoms with van der Waals surface area (Å²) in [7, 11) is 3.91. The molecule has 2 atom stereocenters. The summed E-state index contributed by atoms with van der Waals surface area (Å²) in [6, 6.07) is -0.175. The zero-order chi connectivity index (χ0) is 16.3. The lowest BCUT2D eigenvalue weighted by Gasteiger charge is -2.42. The Morgan fingerprint density at radius 3 is 2.33 bits per heavy atom. The van der Waals surface area contributed by atoms with Crippen molar-refractivity contribution < 1.29 is 13.2 Å². The highest BCUT2D eigenvalue weighted by Crippen LogP contribution is 2.39. The van der Waals surface area contributed by atoms with Crippen LogP contribution in [0.1, 0.15) is 49.5 Å². The van der Waals surface area contributed by atoms with E-state index >= 15 is 0 Å². The van der Waals surface area contributed by atoms with Crippen molar-refractivity contribution >= 4 is 11.3 Å². The Hall–Kier alpha value is -0.660. The smallest absolute Gasteiger partial charge is 0.308 e. The van der Waals surface area contributed by atoms with Crippen LogP contribution in [-0.4, -0.2) is 36.1 Å². The Morgan fingerprint density at radius 2 is 1.95 bits per heavy atom. The van der Waals surface area contributed by atoms with Crippen LogP contribution in [0.4, 0.5) is 13.2 Å². The number of rotatable bonds is 7. The first-order chi connectivity index (χ1) is 9.66. The highest BCUT2D eigenvalue weighted by Gasteiger charge is 2.40. The van der Waals surface area contributed by atoms with Crippen molar-refractivity contribution in [1.29, 1.82) is 0 Å². The molecule has 0 aliphatic rings. The van der Waals surface area contributed by atoms with Gasteiger partial charge in [-0.15, -0.1) is 11.3 Å². The first-order valence-electron chi connectivity index (χ1n) is 7.10. The number of hydrogen-bond acceptors (Lipinski definition) is 4. The fourth-order valence-electron chi connectivity index (χ4n) is 2.25. The summed E-state index contributed by atoms with van der Waals surface area (Å²) >= 11 is 0.733. The second kappa shape index (κ2) is 7.07. The van der Waals surface area contributed by atoms with E-state index in [0.717, 1.165) is 30.7 Å². The monoisotopic (exact) mass is 323 g/mol. The van der Waals surface area contributed by atoms with E-state index in [0.29, 0.717) is 4.88 Å². The molecule has 122 valence electrons. The topological polar surface area (TPSA) is 28.2 Å². The summed E-state index contributed by atoms with van der Waals surface area (Å²) in [4.78, 5) is 6.25. The van der Waals surface area contributed by atoms with Crippen molar-refractivity contribution in [3.63, 3.8) is 0 Å². The predicted octanol–water partition coefficient (Wildman–Crippen LogP) is 3.93. The molecule has 0 fully saturated rings. The molecule has 2 unspecified atom stereocenters. The fraction of sp³-hybridized carbons (Fsp3) is 0.786. The van der Waals surface area contributed by atoms with Gasteiger partial charge in [-0.25, -0.2) is 4.98 Å². The van der Waals surface area contributed by atoms with E-state index in [9.17, 15) is 13.2 Å². The number of halogens is 3. The van der Waals surface area contributed by atoms with Crippen LogP contribution >= 0.6 is 11.3 Å². The van der Waals surface area contributed by atoms with E-state index in [-0.39, 0.29) is 11.6 Å². The van der Waals surface area contributed by atoms with Crippen molar-refractivity contribution in [3.05, 3.63) is 16.1 Å². The van der Waals surface area contributed by atoms with E-state index in [1.165, 1.54) is 6.20 Å². The first-order valence-corrected chi connectivity index (χ1v) is 7.92. The van der Waals surface area contributed by atoms with E-state index in [2.05, 4.69) is 22.1 Å². The molecule has 0 radical (unpaired) electrons. The molecule has 1 rings (SSSR count). The summed E-state index contributed by atoms with van der Waals surface area (Å²) in [6.45, 7) is 6.91. The molecule has 1 N–H and O–H groups in total. The van der Waals surface area contributed by atoms with Crippen molar-refractivity contribution in [2.75, 3.05) is 20.6 Å². The minimum absolute atomic E-state index is 0.175. The van der Waals surface area contributed by atoms with Crippen LogP contribution in [0.3, 0.4) is 0 Å². The summed E-state index contributed by atoms with van der Waals surface area (Å²) in [5.74, 6) is 0. The van der Waals surface area contributed by atoms with Crippen LogP contribution in [-0.2, 0) is 6.18 Å². The lowest BCUT2D eigenvalue weighted by Crippen LogP contribution is -2.51. The standard InChI is InChI=1S/C14H24F3N3S/c1-6-8-18-11(13(3,7-2)20(4)5)10-9-19-12(21-10)14(15,16)17/h9,11,18H,6-8H2,1-5H3. The maximum Gasteiger partial charge on any atom is 0.443 e. The normalized spacial score (nSPS) is 17.0. The lowest BCUT2D eigenvalue weighted by atomic mass is 9.87. The third kappa shape index (κ3) is 4.17. The molecule has 21 heavy (non-hydrogen) atoms. The van der Waals surface area contributed by atoms with Crippen molar-refractivity contribution in [3.8, 4) is 0 Å². The minimum Gasteiger partial charge on any atom is -0.308 e. The maximum absolute atomic E-state index is 12.8. The van der Waals surface area contributed by atoms with Gasteiger partial charge in [-0.3, -0.25) is 0 Å². The SMILES string of the molecule is CCCNC(c1cnc(C(F)(F)F)s1)C(C)(CC)N(C)C. The van der Waals surface area contributed by atoms with E-state index in [4.69, 9.17) is 0 Å². The lowest BCUT2D eigenvalue weighted by molar-refractivity contribution is -0.137. The second-order valence-electron chi connectivity index (χ2n) is 5.56. The maximum atomic E-state index is 12.8. The Balaban J connectivity index is 3.16. The molecule has 7 heteroatoms. The Morgan fingerprint density at radius 1 is 1.33 bits per heavy atom. The molecule has 0 bridgehead atoms. The van der Waals surface area contributed by atoms with Gasteiger partial charge >= 0.3 is 6.18 Å². The number of likely N-dealkylation sites (N-methyl/N-ethyl adjacent to an activating group) is 1. The molecule has 0 amide bonds. The molecule has 1 heterocycles. The fourth-order valence-corrected chi connectivity index (χ4v) is 3.25. The molecule has 3 nitrogen and oxygen atoms in total. The molecule has 0 aliphatic carbocycles. The quantitative estimate of drug-likeness (QED) is 0.824. The summed E-state index contributed by atoms with van der Waals surface area (Å²) in [5.41, 5.74) is -0.273. The molecular formula is C14H24F3N3S. The van der Waals surface area contributed by atoms with Crippen LogP contribution < -0.4 is 5.32 Å². The Kier molecular flexibility index (Phi) is 6.19. The van der Waals surface area contributed by atoms with Gasteiger partial charge in [-0.1, -0.05) is 13.8 Å². The predicted molar refractivity (Wildman–Crippen MR) is 80.5 cm³/mol. The highest BCUT2D eigenvalue weighted by molar-refractivity contribution is 7.11. The summed E-state index contributed by atoms with van der Waals surface area (Å²) < 4.78 is 38.3. The van der Waals surface area contributed by atoms with Gasteiger partial charge in [0.1, 0.15) is 0 Å². The zero-order valence-corrected chi connectivity index (χ0v) is 14.0. The molecular weight excluding hydrogens is 299 g/mol. The number of hydrogen-bond donors (Lipinski definition) is 1. The molecule has 0 spiro atoms. The summed E-state index contributed by atoms with van der Waals surface area (Å²) in [5, 5.41) is 2.61. The molecule has 0 aliphatic heterocycles. The number of nitrogens with one attached hydrogen (secondary N) is 1. The van der Waals surface area contributed by atoms with Crippen LogP contribution in [0, 0.1) is 0 Å². The third-order valence-electron chi connectivity index (χ3n) is 4.01. The van der Waals surface area contributed by atoms with Crippen molar-refractivity contribution in [2.24, 2.45) is 0 Å². The van der Waals surface area contributed by atoms with Crippen molar-refractivity contribution in [1.82, 2.24) is 15.2 Å². The van der Waals surface area contributed by atoms with Crippen LogP contribution in [0.2, 0.25) is 0 Å². The molecule has 0 saturated carbocycles. The third-order valence-corrected chi connectivity index (χ3v) is 5.12. The average Bonchev–Trinajstić information content (AvgIpc) is 2.87. The van der Waals surface area contributed by atoms with Gasteiger partial charge < -0.3 is 10.2 Å².